The quantitative estimate of drug-likeness (QED) is 0.823. The number of benzene rings is 1. The number of hydrogen-bond donors (Lipinski definition) is 1. The summed E-state index contributed by atoms with van der Waals surface area (Å²) in [5, 5.41) is 3.84. The van der Waals surface area contributed by atoms with Crippen LogP contribution in [0.15, 0.2) is 24.3 Å². The first-order chi connectivity index (χ1) is 9.49. The third-order valence-corrected chi connectivity index (χ3v) is 5.34. The van der Waals surface area contributed by atoms with Gasteiger partial charge in [-0.05, 0) is 12.0 Å². The topological polar surface area (TPSA) is 29.1 Å². The molecule has 0 aromatic heterocycles. The Bertz CT molecular complexity index is 477. The second-order valence-corrected chi connectivity index (χ2v) is 11.4. The molecule has 6 heteroatoms. The fourth-order valence-electron chi connectivity index (χ4n) is 2.09. The Morgan fingerprint density at radius 1 is 1.19 bits per heavy atom. The smallest absolute Gasteiger partial charge is 0.350 e. The summed E-state index contributed by atoms with van der Waals surface area (Å²) in [4.78, 5) is 11.2. The largest absolute Gasteiger partial charge is 0.389 e. The van der Waals surface area contributed by atoms with Gasteiger partial charge in [-0.25, -0.2) is 0 Å². The summed E-state index contributed by atoms with van der Waals surface area (Å²) in [6.07, 6.45) is -5.27. The van der Waals surface area contributed by atoms with Crippen molar-refractivity contribution in [1.29, 1.82) is 0 Å². The molecule has 2 nitrogen and oxygen atoms in total. The normalized spacial score (nSPS) is 13.9. The van der Waals surface area contributed by atoms with Gasteiger partial charge in [-0.15, -0.1) is 0 Å². The number of alkyl halides is 3. The fourth-order valence-corrected chi connectivity index (χ4v) is 3.26. The third kappa shape index (κ3) is 6.33. The van der Waals surface area contributed by atoms with Gasteiger partial charge in [0.05, 0.1) is 14.1 Å². The van der Waals surface area contributed by atoms with Gasteiger partial charge in [-0.1, -0.05) is 49.1 Å². The maximum Gasteiger partial charge on any atom is 0.389 e. The van der Waals surface area contributed by atoms with Crippen LogP contribution in [0.25, 0.3) is 0 Å². The monoisotopic (exact) mass is 317 g/mol. The molecule has 0 saturated carbocycles. The maximum atomic E-state index is 12.4. The Labute approximate surface area is 124 Å². The number of carbonyl (C=O) groups is 1. The zero-order chi connectivity index (χ0) is 16.3. The summed E-state index contributed by atoms with van der Waals surface area (Å²) in [5.74, 6) is -0.323. The van der Waals surface area contributed by atoms with Crippen LogP contribution in [0.1, 0.15) is 31.4 Å². The minimum Gasteiger partial charge on any atom is -0.350 e. The summed E-state index contributed by atoms with van der Waals surface area (Å²) in [6, 6.07) is 6.98. The van der Waals surface area contributed by atoms with Gasteiger partial charge in [0.2, 0.25) is 5.91 Å². The van der Waals surface area contributed by atoms with E-state index in [9.17, 15) is 18.0 Å². The third-order valence-electron chi connectivity index (χ3n) is 3.27. The van der Waals surface area contributed by atoms with Crippen LogP contribution in [-0.4, -0.2) is 20.2 Å². The highest BCUT2D eigenvalue weighted by atomic mass is 28.3. The molecule has 1 aromatic rings. The van der Waals surface area contributed by atoms with Crippen LogP contribution in [-0.2, 0) is 4.79 Å². The predicted molar refractivity (Wildman–Crippen MR) is 81.3 cm³/mol. The molecule has 0 bridgehead atoms. The van der Waals surface area contributed by atoms with Gasteiger partial charge in [0, 0.05) is 13.3 Å². The van der Waals surface area contributed by atoms with Crippen LogP contribution >= 0.6 is 0 Å². The van der Waals surface area contributed by atoms with Crippen molar-refractivity contribution in [2.24, 2.45) is 0 Å². The second kappa shape index (κ2) is 6.64. The fraction of sp³-hybridized carbons (Fsp3) is 0.533. The Morgan fingerprint density at radius 2 is 1.71 bits per heavy atom. The van der Waals surface area contributed by atoms with Crippen LogP contribution in [0.4, 0.5) is 13.2 Å². The van der Waals surface area contributed by atoms with E-state index in [1.165, 1.54) is 12.1 Å². The van der Waals surface area contributed by atoms with Crippen molar-refractivity contribution < 1.29 is 18.0 Å². The summed E-state index contributed by atoms with van der Waals surface area (Å²) in [5.41, 5.74) is 0.719. The lowest BCUT2D eigenvalue weighted by Gasteiger charge is -2.21. The molecule has 21 heavy (non-hydrogen) atoms. The van der Waals surface area contributed by atoms with Crippen LogP contribution in [0.5, 0.6) is 0 Å². The minimum atomic E-state index is -4.21. The van der Waals surface area contributed by atoms with E-state index in [0.29, 0.717) is 0 Å². The predicted octanol–water partition coefficient (Wildman–Crippen LogP) is 3.75. The van der Waals surface area contributed by atoms with Crippen molar-refractivity contribution in [3.05, 3.63) is 29.8 Å². The lowest BCUT2D eigenvalue weighted by molar-refractivity contribution is -0.138. The number of rotatable bonds is 5. The lowest BCUT2D eigenvalue weighted by Crippen LogP contribution is -2.37. The van der Waals surface area contributed by atoms with Crippen LogP contribution in [0.2, 0.25) is 19.6 Å². The molecule has 1 rings (SSSR count). The molecule has 0 fully saturated rings. The zero-order valence-corrected chi connectivity index (χ0v) is 13.8. The molecule has 0 aliphatic heterocycles. The molecule has 0 aliphatic rings. The Kier molecular flexibility index (Phi) is 5.61. The van der Waals surface area contributed by atoms with Crippen LogP contribution in [0, 0.1) is 0 Å². The number of hydrogen-bond acceptors (Lipinski definition) is 1. The van der Waals surface area contributed by atoms with E-state index in [4.69, 9.17) is 0 Å². The summed E-state index contributed by atoms with van der Waals surface area (Å²) in [7, 11) is -1.44. The lowest BCUT2D eigenvalue weighted by atomic mass is 10.0. The maximum absolute atomic E-state index is 12.4. The van der Waals surface area contributed by atoms with Crippen LogP contribution < -0.4 is 10.5 Å². The van der Waals surface area contributed by atoms with Crippen molar-refractivity contribution >= 4 is 19.2 Å². The van der Waals surface area contributed by atoms with E-state index in [0.717, 1.165) is 5.56 Å². The first-order valence-electron chi connectivity index (χ1n) is 6.93. The molecule has 0 heterocycles. The van der Waals surface area contributed by atoms with Crippen LogP contribution in [0.3, 0.4) is 0 Å². The van der Waals surface area contributed by atoms with Gasteiger partial charge < -0.3 is 5.32 Å². The zero-order valence-electron chi connectivity index (χ0n) is 12.8. The standard InChI is InChI=1S/C15H22F3NOSi/c1-11(20)19-14(9-10-15(16,17)18)12-5-7-13(8-6-12)21(2,3)4/h5-8,14H,9-10H2,1-4H3,(H,19,20). The highest BCUT2D eigenvalue weighted by Gasteiger charge is 2.29. The summed E-state index contributed by atoms with van der Waals surface area (Å²) >= 11 is 0. The molecule has 0 saturated heterocycles. The summed E-state index contributed by atoms with van der Waals surface area (Å²) in [6.45, 7) is 7.93. The molecule has 1 atom stereocenters. The average Bonchev–Trinajstić information content (AvgIpc) is 2.32. The first kappa shape index (κ1) is 17.7. The van der Waals surface area contributed by atoms with E-state index in [1.54, 1.807) is 0 Å². The van der Waals surface area contributed by atoms with Crippen molar-refractivity contribution in [2.45, 2.75) is 51.6 Å². The molecule has 1 unspecified atom stereocenters. The molecular weight excluding hydrogens is 295 g/mol. The van der Waals surface area contributed by atoms with Crippen molar-refractivity contribution in [3.8, 4) is 0 Å². The molecule has 0 radical (unpaired) electrons. The Balaban J connectivity index is 2.90. The van der Waals surface area contributed by atoms with Crippen molar-refractivity contribution in [3.63, 3.8) is 0 Å². The highest BCUT2D eigenvalue weighted by Crippen LogP contribution is 2.27. The molecule has 1 amide bonds. The number of carbonyl (C=O) groups excluding carboxylic acids is 1. The number of nitrogens with one attached hydrogen (secondary N) is 1. The number of halogens is 3. The van der Waals surface area contributed by atoms with Crippen molar-refractivity contribution in [1.82, 2.24) is 5.32 Å². The molecule has 1 N–H and O–H groups in total. The SMILES string of the molecule is CC(=O)NC(CCC(F)(F)F)c1ccc([Si](C)(C)C)cc1. The average molecular weight is 317 g/mol. The summed E-state index contributed by atoms with van der Waals surface area (Å²) < 4.78 is 37.1. The van der Waals surface area contributed by atoms with Gasteiger partial charge >= 0.3 is 6.18 Å². The Hall–Kier alpha value is -1.30. The van der Waals surface area contributed by atoms with E-state index in [2.05, 4.69) is 25.0 Å². The molecule has 0 spiro atoms. The van der Waals surface area contributed by atoms with E-state index >= 15 is 0 Å². The van der Waals surface area contributed by atoms with Gasteiger partial charge in [0.15, 0.2) is 0 Å². The highest BCUT2D eigenvalue weighted by molar-refractivity contribution is 6.88. The van der Waals surface area contributed by atoms with Gasteiger partial charge in [0.25, 0.3) is 0 Å². The molecule has 0 aliphatic carbocycles. The van der Waals surface area contributed by atoms with E-state index in [-0.39, 0.29) is 12.3 Å². The molecule has 1 aromatic carbocycles. The second-order valence-electron chi connectivity index (χ2n) is 6.28. The molecular formula is C15H22F3NOSi. The Morgan fingerprint density at radius 3 is 2.10 bits per heavy atom. The van der Waals surface area contributed by atoms with Gasteiger partial charge in [-0.2, -0.15) is 13.2 Å². The van der Waals surface area contributed by atoms with Gasteiger partial charge in [-0.3, -0.25) is 4.79 Å². The van der Waals surface area contributed by atoms with E-state index < -0.39 is 26.7 Å². The van der Waals surface area contributed by atoms with Crippen molar-refractivity contribution in [2.75, 3.05) is 0 Å². The first-order valence-corrected chi connectivity index (χ1v) is 10.4. The minimum absolute atomic E-state index is 0.143. The number of amides is 1. The van der Waals surface area contributed by atoms with Gasteiger partial charge in [0.1, 0.15) is 0 Å². The van der Waals surface area contributed by atoms with E-state index in [1.807, 2.05) is 24.3 Å². The molecule has 118 valence electrons.